The van der Waals surface area contributed by atoms with E-state index >= 15 is 4.39 Å². The molecule has 4 amide bonds. The first-order valence-electron chi connectivity index (χ1n) is 17.1. The van der Waals surface area contributed by atoms with Crippen molar-refractivity contribution in [2.24, 2.45) is 11.1 Å². The summed E-state index contributed by atoms with van der Waals surface area (Å²) in [6.07, 6.45) is 0.850. The fourth-order valence-corrected chi connectivity index (χ4v) is 6.06. The fraction of sp³-hybridized carbons (Fsp3) is 0.405. The van der Waals surface area contributed by atoms with Crippen LogP contribution in [0, 0.1) is 17.0 Å². The molecule has 0 aliphatic rings. The van der Waals surface area contributed by atoms with E-state index in [-0.39, 0.29) is 25.1 Å². The van der Waals surface area contributed by atoms with Crippen LogP contribution in [0.1, 0.15) is 50.9 Å². The first kappa shape index (κ1) is 44.1. The number of carboxylic acid groups (broad SMARTS) is 2. The van der Waals surface area contributed by atoms with Crippen molar-refractivity contribution in [2.75, 3.05) is 26.2 Å². The van der Waals surface area contributed by atoms with Gasteiger partial charge in [-0.05, 0) is 41.7 Å². The van der Waals surface area contributed by atoms with Gasteiger partial charge >= 0.3 is 11.9 Å². The summed E-state index contributed by atoms with van der Waals surface area (Å²) in [4.78, 5) is 74.7. The number of carbonyl (C=O) groups is 6. The molecule has 3 rings (SSSR count). The summed E-state index contributed by atoms with van der Waals surface area (Å²) in [6, 6.07) is 10.2. The van der Waals surface area contributed by atoms with Crippen molar-refractivity contribution in [3.63, 3.8) is 0 Å². The molecule has 2 unspecified atom stereocenters. The van der Waals surface area contributed by atoms with Crippen molar-refractivity contribution in [1.82, 2.24) is 25.4 Å². The summed E-state index contributed by atoms with van der Waals surface area (Å²) in [5.74, 6) is -7.42. The minimum absolute atomic E-state index is 0.00425. The Kier molecular flexibility index (Phi) is 15.9. The van der Waals surface area contributed by atoms with Crippen molar-refractivity contribution < 1.29 is 52.9 Å². The summed E-state index contributed by atoms with van der Waals surface area (Å²) in [7, 11) is 0. The standard InChI is InChI=1S/C37H46F2N6O9S/c1-37(2,3)33(28-13-22(24-14-23(38)9-10-25(24)39)19-44(28)18-21-7-5-4-6-8-21)45(31(48)20-46)12-11-26(40)34(51)43-27(36(53)54)16-41-30(47)17-42-35(52)29(55)15-32(49)50/h4-10,13-14,19,26-27,29,33,46,55H,11-12,15-18,20,40H2,1-3H3,(H,41,47)(H,42,52)(H,43,51)(H,49,50)(H,53,54)/t26-,27?,29?,33-/m0/s1. The topological polar surface area (TPSA) is 233 Å². The van der Waals surface area contributed by atoms with Crippen molar-refractivity contribution in [1.29, 1.82) is 0 Å². The zero-order chi connectivity index (χ0) is 41.0. The lowest BCUT2D eigenvalue weighted by atomic mass is 9.82. The predicted octanol–water partition coefficient (Wildman–Crippen LogP) is 1.68. The van der Waals surface area contributed by atoms with Gasteiger partial charge in [0.25, 0.3) is 0 Å². The number of carbonyl (C=O) groups excluding carboxylic acids is 4. The van der Waals surface area contributed by atoms with Crippen molar-refractivity contribution in [3.05, 3.63) is 83.7 Å². The second-order valence-electron chi connectivity index (χ2n) is 13.8. The largest absolute Gasteiger partial charge is 0.481 e. The Balaban J connectivity index is 1.82. The summed E-state index contributed by atoms with van der Waals surface area (Å²) in [5, 5.41) is 34.0. The van der Waals surface area contributed by atoms with Crippen LogP contribution in [0.5, 0.6) is 0 Å². The number of aliphatic hydroxyl groups is 1. The third kappa shape index (κ3) is 12.9. The van der Waals surface area contributed by atoms with Gasteiger partial charge in [-0.15, -0.1) is 0 Å². The van der Waals surface area contributed by atoms with Crippen LogP contribution in [0.3, 0.4) is 0 Å². The van der Waals surface area contributed by atoms with Gasteiger partial charge in [-0.2, -0.15) is 12.6 Å². The number of aliphatic hydroxyl groups excluding tert-OH is 1. The van der Waals surface area contributed by atoms with Crippen LogP contribution in [0.15, 0.2) is 60.8 Å². The normalized spacial score (nSPS) is 13.5. The monoisotopic (exact) mass is 788 g/mol. The number of nitrogens with two attached hydrogens (primary N) is 1. The first-order valence-corrected chi connectivity index (χ1v) is 17.7. The Morgan fingerprint density at radius 2 is 1.64 bits per heavy atom. The first-order chi connectivity index (χ1) is 25.8. The number of thiol groups is 1. The molecule has 2 aromatic carbocycles. The second-order valence-corrected chi connectivity index (χ2v) is 14.5. The highest BCUT2D eigenvalue weighted by Gasteiger charge is 2.38. The Labute approximate surface area is 321 Å². The molecular weight excluding hydrogens is 743 g/mol. The van der Waals surface area contributed by atoms with E-state index in [4.69, 9.17) is 10.8 Å². The Morgan fingerprint density at radius 3 is 2.24 bits per heavy atom. The second kappa shape index (κ2) is 19.8. The lowest BCUT2D eigenvalue weighted by molar-refractivity contribution is -0.142. The number of nitrogens with zero attached hydrogens (tertiary/aromatic N) is 2. The molecule has 18 heteroatoms. The van der Waals surface area contributed by atoms with Gasteiger partial charge in [0.2, 0.25) is 23.6 Å². The van der Waals surface area contributed by atoms with Gasteiger partial charge in [-0.25, -0.2) is 13.6 Å². The molecule has 0 saturated heterocycles. The summed E-state index contributed by atoms with van der Waals surface area (Å²) in [6.45, 7) is 3.48. The van der Waals surface area contributed by atoms with Crippen LogP contribution in [0.2, 0.25) is 0 Å². The highest BCUT2D eigenvalue weighted by Crippen LogP contribution is 2.41. The third-order valence-electron chi connectivity index (χ3n) is 8.46. The van der Waals surface area contributed by atoms with Gasteiger partial charge in [0.1, 0.15) is 24.3 Å². The van der Waals surface area contributed by atoms with Crippen LogP contribution < -0.4 is 21.7 Å². The molecule has 0 spiro atoms. The molecule has 0 aliphatic carbocycles. The average molecular weight is 789 g/mol. The van der Waals surface area contributed by atoms with Gasteiger partial charge in [-0.1, -0.05) is 51.1 Å². The third-order valence-corrected chi connectivity index (χ3v) is 8.88. The lowest BCUT2D eigenvalue weighted by Gasteiger charge is -2.41. The Morgan fingerprint density at radius 1 is 0.964 bits per heavy atom. The molecule has 4 atom stereocenters. The average Bonchev–Trinajstić information content (AvgIpc) is 3.52. The maximum absolute atomic E-state index is 15.0. The molecule has 298 valence electrons. The minimum atomic E-state index is -1.65. The van der Waals surface area contributed by atoms with E-state index in [0.29, 0.717) is 11.3 Å². The molecule has 0 bridgehead atoms. The highest BCUT2D eigenvalue weighted by atomic mass is 32.1. The van der Waals surface area contributed by atoms with Gasteiger partial charge in [0, 0.05) is 42.7 Å². The van der Waals surface area contributed by atoms with E-state index in [1.54, 1.807) is 16.8 Å². The van der Waals surface area contributed by atoms with E-state index < -0.39 is 102 Å². The summed E-state index contributed by atoms with van der Waals surface area (Å²) in [5.41, 5.74) is 7.14. The van der Waals surface area contributed by atoms with Gasteiger partial charge < -0.3 is 46.5 Å². The molecule has 55 heavy (non-hydrogen) atoms. The number of benzene rings is 2. The highest BCUT2D eigenvalue weighted by molar-refractivity contribution is 7.81. The van der Waals surface area contributed by atoms with E-state index in [2.05, 4.69) is 28.6 Å². The van der Waals surface area contributed by atoms with E-state index in [0.717, 1.165) is 23.8 Å². The van der Waals surface area contributed by atoms with Crippen LogP contribution in [0.25, 0.3) is 11.1 Å². The number of hydrogen-bond acceptors (Lipinski definition) is 9. The number of amides is 4. The molecule has 1 aromatic heterocycles. The Hall–Kier alpha value is -5.33. The van der Waals surface area contributed by atoms with Gasteiger partial charge in [-0.3, -0.25) is 24.0 Å². The van der Waals surface area contributed by atoms with E-state index in [1.807, 2.05) is 51.1 Å². The van der Waals surface area contributed by atoms with E-state index in [9.17, 15) is 43.4 Å². The number of carboxylic acids is 2. The van der Waals surface area contributed by atoms with Crippen LogP contribution >= 0.6 is 12.6 Å². The molecule has 1 heterocycles. The molecule has 0 saturated carbocycles. The molecule has 3 aromatic rings. The number of nitrogens with one attached hydrogen (secondary N) is 3. The fourth-order valence-electron chi connectivity index (χ4n) is 5.81. The summed E-state index contributed by atoms with van der Waals surface area (Å²) < 4.78 is 31.1. The summed E-state index contributed by atoms with van der Waals surface area (Å²) >= 11 is 3.85. The zero-order valence-corrected chi connectivity index (χ0v) is 31.4. The Bertz CT molecular complexity index is 1850. The lowest BCUT2D eigenvalue weighted by Crippen LogP contribution is -2.54. The molecule has 8 N–H and O–H groups in total. The number of aromatic nitrogens is 1. The number of aliphatic carboxylic acids is 2. The quantitative estimate of drug-likeness (QED) is 0.0819. The SMILES string of the molecule is CC(C)(C)[C@H](c1cc(-c2cc(F)ccc2F)cn1Cc1ccccc1)N(CC[C@H](N)C(=O)NC(CNC(=O)CNC(=O)C(S)CC(=O)O)C(=O)O)C(=O)CO. The number of rotatable bonds is 19. The molecule has 0 radical (unpaired) electrons. The van der Waals surface area contributed by atoms with Crippen LogP contribution in [0.4, 0.5) is 8.78 Å². The smallest absolute Gasteiger partial charge is 0.328 e. The zero-order valence-electron chi connectivity index (χ0n) is 30.5. The van der Waals surface area contributed by atoms with Crippen molar-refractivity contribution in [3.8, 4) is 11.1 Å². The number of halogens is 2. The molecule has 0 aliphatic heterocycles. The van der Waals surface area contributed by atoms with Crippen molar-refractivity contribution in [2.45, 2.75) is 63.5 Å². The maximum Gasteiger partial charge on any atom is 0.328 e. The maximum atomic E-state index is 15.0. The van der Waals surface area contributed by atoms with Crippen molar-refractivity contribution >= 4 is 48.2 Å². The predicted molar refractivity (Wildman–Crippen MR) is 200 cm³/mol. The van der Waals surface area contributed by atoms with E-state index in [1.165, 1.54) is 4.90 Å². The van der Waals surface area contributed by atoms with Gasteiger partial charge in [0.15, 0.2) is 0 Å². The van der Waals surface area contributed by atoms with Crippen LogP contribution in [-0.2, 0) is 35.3 Å². The minimum Gasteiger partial charge on any atom is -0.481 e. The number of hydrogen-bond donors (Lipinski definition) is 8. The molecule has 0 fully saturated rings. The van der Waals surface area contributed by atoms with Crippen LogP contribution in [-0.4, -0.2) is 104 Å². The molecular formula is C37H46F2N6O9S. The molecule has 15 nitrogen and oxygen atoms in total. The van der Waals surface area contributed by atoms with Gasteiger partial charge in [0.05, 0.1) is 30.3 Å².